The van der Waals surface area contributed by atoms with Crippen molar-refractivity contribution in [1.82, 2.24) is 0 Å². The first-order valence-electron chi connectivity index (χ1n) is 7.80. The zero-order chi connectivity index (χ0) is 17.9. The minimum Gasteiger partial charge on any atom is -0.451 e. The van der Waals surface area contributed by atoms with Crippen LogP contribution in [0.25, 0.3) is 0 Å². The van der Waals surface area contributed by atoms with Crippen molar-refractivity contribution in [2.75, 3.05) is 0 Å². The molecule has 2 rings (SSSR count). The number of hydrogen-bond acceptors (Lipinski definition) is 3. The van der Waals surface area contributed by atoms with Crippen LogP contribution in [0.5, 0.6) is 0 Å². The zero-order valence-corrected chi connectivity index (χ0v) is 15.1. The second-order valence-corrected chi connectivity index (χ2v) is 7.19. The molecule has 0 fully saturated rings. The van der Waals surface area contributed by atoms with Gasteiger partial charge in [0.1, 0.15) is 0 Å². The number of ether oxygens (including phenoxy) is 1. The van der Waals surface area contributed by atoms with Gasteiger partial charge in [0.05, 0.1) is 5.56 Å². The van der Waals surface area contributed by atoms with E-state index in [0.29, 0.717) is 16.1 Å². The van der Waals surface area contributed by atoms with Crippen LogP contribution in [0.15, 0.2) is 48.5 Å². The first-order chi connectivity index (χ1) is 11.2. The lowest BCUT2D eigenvalue weighted by Crippen LogP contribution is -2.24. The Labute approximate surface area is 147 Å². The predicted octanol–water partition coefficient (Wildman–Crippen LogP) is 5.07. The van der Waals surface area contributed by atoms with Crippen LogP contribution in [0.1, 0.15) is 54.0 Å². The molecule has 4 heteroatoms. The Kier molecular flexibility index (Phi) is 5.45. The molecule has 0 aliphatic carbocycles. The molecule has 3 nitrogen and oxygen atoms in total. The summed E-state index contributed by atoms with van der Waals surface area (Å²) < 4.78 is 5.26. The fourth-order valence-corrected chi connectivity index (χ4v) is 2.46. The summed E-state index contributed by atoms with van der Waals surface area (Å²) >= 11 is 5.86. The van der Waals surface area contributed by atoms with E-state index in [2.05, 4.69) is 20.8 Å². The molecular weight excluding hydrogens is 324 g/mol. The molecule has 0 radical (unpaired) electrons. The lowest BCUT2D eigenvalue weighted by Gasteiger charge is -2.19. The van der Waals surface area contributed by atoms with E-state index in [1.165, 1.54) is 6.07 Å². The molecule has 0 aromatic heterocycles. The van der Waals surface area contributed by atoms with Crippen molar-refractivity contribution in [3.63, 3.8) is 0 Å². The molecule has 0 aliphatic heterocycles. The molecule has 0 aliphatic rings. The number of benzene rings is 2. The molecule has 0 amide bonds. The van der Waals surface area contributed by atoms with Gasteiger partial charge in [-0.15, -0.1) is 0 Å². The molecule has 0 saturated carbocycles. The van der Waals surface area contributed by atoms with Crippen molar-refractivity contribution in [1.29, 1.82) is 0 Å². The number of Topliss-reactive ketones (excluding diaryl/α,β-unsaturated/α-hetero) is 1. The number of carbonyl (C=O) groups is 2. The van der Waals surface area contributed by atoms with Gasteiger partial charge in [-0.1, -0.05) is 62.7 Å². The Balaban J connectivity index is 2.08. The zero-order valence-electron chi connectivity index (χ0n) is 14.3. The molecule has 24 heavy (non-hydrogen) atoms. The van der Waals surface area contributed by atoms with Crippen LogP contribution < -0.4 is 0 Å². The third-order valence-corrected chi connectivity index (χ3v) is 3.98. The standard InChI is InChI=1S/C20H21ClO3/c1-13(24-19(23)15-6-5-7-17(21)12-15)18(22)14-8-10-16(11-9-14)20(2,3)4/h5-13H,1-4H3/t13-/m0/s1. The summed E-state index contributed by atoms with van der Waals surface area (Å²) in [5, 5.41) is 0.446. The first kappa shape index (κ1) is 18.2. The summed E-state index contributed by atoms with van der Waals surface area (Å²) in [5.74, 6) is -0.796. The molecule has 1 atom stereocenters. The van der Waals surface area contributed by atoms with E-state index in [9.17, 15) is 9.59 Å². The van der Waals surface area contributed by atoms with Crippen LogP contribution >= 0.6 is 11.6 Å². The third kappa shape index (κ3) is 4.45. The fraction of sp³-hybridized carbons (Fsp3) is 0.300. The average molecular weight is 345 g/mol. The van der Waals surface area contributed by atoms with Crippen LogP contribution in [-0.4, -0.2) is 17.9 Å². The molecule has 2 aromatic rings. The largest absolute Gasteiger partial charge is 0.451 e. The van der Waals surface area contributed by atoms with Gasteiger partial charge < -0.3 is 4.74 Å². The van der Waals surface area contributed by atoms with Crippen molar-refractivity contribution in [2.24, 2.45) is 0 Å². The van der Waals surface area contributed by atoms with Crippen molar-refractivity contribution >= 4 is 23.4 Å². The van der Waals surface area contributed by atoms with Crippen molar-refractivity contribution < 1.29 is 14.3 Å². The molecule has 0 bridgehead atoms. The van der Waals surface area contributed by atoms with Crippen LogP contribution in [0, 0.1) is 0 Å². The van der Waals surface area contributed by atoms with Gasteiger partial charge in [0.2, 0.25) is 5.78 Å². The van der Waals surface area contributed by atoms with Gasteiger partial charge in [0, 0.05) is 10.6 Å². The van der Waals surface area contributed by atoms with Gasteiger partial charge >= 0.3 is 5.97 Å². The van der Waals surface area contributed by atoms with Gasteiger partial charge in [0.25, 0.3) is 0 Å². The van der Waals surface area contributed by atoms with E-state index < -0.39 is 12.1 Å². The summed E-state index contributed by atoms with van der Waals surface area (Å²) in [6.45, 7) is 7.90. The van der Waals surface area contributed by atoms with Crippen molar-refractivity contribution in [3.8, 4) is 0 Å². The Morgan fingerprint density at radius 1 is 1.00 bits per heavy atom. The highest BCUT2D eigenvalue weighted by Gasteiger charge is 2.21. The van der Waals surface area contributed by atoms with E-state index >= 15 is 0 Å². The van der Waals surface area contributed by atoms with Gasteiger partial charge in [-0.2, -0.15) is 0 Å². The number of halogens is 1. The highest BCUT2D eigenvalue weighted by atomic mass is 35.5. The lowest BCUT2D eigenvalue weighted by molar-refractivity contribution is 0.0319. The number of carbonyl (C=O) groups excluding carboxylic acids is 2. The third-order valence-electron chi connectivity index (χ3n) is 3.75. The average Bonchev–Trinajstić information content (AvgIpc) is 2.53. The molecule has 0 spiro atoms. The van der Waals surface area contributed by atoms with Crippen LogP contribution in [0.3, 0.4) is 0 Å². The molecule has 0 heterocycles. The summed E-state index contributed by atoms with van der Waals surface area (Å²) in [4.78, 5) is 24.5. The second-order valence-electron chi connectivity index (χ2n) is 6.75. The minimum absolute atomic E-state index is 0.0201. The van der Waals surface area contributed by atoms with Crippen molar-refractivity contribution in [3.05, 3.63) is 70.2 Å². The Bertz CT molecular complexity index is 742. The monoisotopic (exact) mass is 344 g/mol. The van der Waals surface area contributed by atoms with Gasteiger partial charge in [-0.25, -0.2) is 4.79 Å². The summed E-state index contributed by atoms with van der Waals surface area (Å²) in [7, 11) is 0. The number of hydrogen-bond donors (Lipinski definition) is 0. The fourth-order valence-electron chi connectivity index (χ4n) is 2.27. The lowest BCUT2D eigenvalue weighted by atomic mass is 9.86. The number of ketones is 1. The maximum atomic E-state index is 12.4. The topological polar surface area (TPSA) is 43.4 Å². The smallest absolute Gasteiger partial charge is 0.338 e. The molecular formula is C20H21ClO3. The SMILES string of the molecule is C[C@H](OC(=O)c1cccc(Cl)c1)C(=O)c1ccc(C(C)(C)C)cc1. The Hall–Kier alpha value is -2.13. The summed E-state index contributed by atoms with van der Waals surface area (Å²) in [6, 6.07) is 13.8. The van der Waals surface area contributed by atoms with E-state index in [-0.39, 0.29) is 11.2 Å². The molecule has 126 valence electrons. The number of esters is 1. The highest BCUT2D eigenvalue weighted by Crippen LogP contribution is 2.23. The molecule has 0 N–H and O–H groups in total. The Morgan fingerprint density at radius 3 is 2.17 bits per heavy atom. The first-order valence-corrected chi connectivity index (χ1v) is 8.17. The molecule has 0 saturated heterocycles. The summed E-state index contributed by atoms with van der Waals surface area (Å²) in [6.07, 6.45) is -0.864. The highest BCUT2D eigenvalue weighted by molar-refractivity contribution is 6.30. The maximum absolute atomic E-state index is 12.4. The quantitative estimate of drug-likeness (QED) is 0.574. The molecule has 2 aromatic carbocycles. The maximum Gasteiger partial charge on any atom is 0.338 e. The van der Waals surface area contributed by atoms with Crippen molar-refractivity contribution in [2.45, 2.75) is 39.2 Å². The predicted molar refractivity (Wildman–Crippen MR) is 95.8 cm³/mol. The van der Waals surface area contributed by atoms with Crippen LogP contribution in [0.2, 0.25) is 5.02 Å². The van der Waals surface area contributed by atoms with Gasteiger partial charge in [0.15, 0.2) is 6.10 Å². The van der Waals surface area contributed by atoms with E-state index in [0.717, 1.165) is 5.56 Å². The van der Waals surface area contributed by atoms with E-state index in [4.69, 9.17) is 16.3 Å². The summed E-state index contributed by atoms with van der Waals surface area (Å²) in [5.41, 5.74) is 2.01. The van der Waals surface area contributed by atoms with Gasteiger partial charge in [-0.05, 0) is 36.1 Å². The molecule has 0 unspecified atom stereocenters. The minimum atomic E-state index is -0.864. The van der Waals surface area contributed by atoms with Crippen LogP contribution in [0.4, 0.5) is 0 Å². The number of rotatable bonds is 4. The Morgan fingerprint density at radius 2 is 1.62 bits per heavy atom. The van der Waals surface area contributed by atoms with E-state index in [1.54, 1.807) is 37.3 Å². The normalized spacial score (nSPS) is 12.5. The van der Waals surface area contributed by atoms with E-state index in [1.807, 2.05) is 12.1 Å². The van der Waals surface area contributed by atoms with Crippen LogP contribution in [-0.2, 0) is 10.2 Å². The second kappa shape index (κ2) is 7.18. The van der Waals surface area contributed by atoms with Gasteiger partial charge in [-0.3, -0.25) is 4.79 Å².